The summed E-state index contributed by atoms with van der Waals surface area (Å²) in [6.07, 6.45) is 0.759. The molecule has 8 nitrogen and oxygen atoms in total. The summed E-state index contributed by atoms with van der Waals surface area (Å²) in [6.45, 7) is 0.988. The summed E-state index contributed by atoms with van der Waals surface area (Å²) in [7, 11) is 0. The lowest BCUT2D eigenvalue weighted by atomic mass is 9.90. The molecule has 1 unspecified atom stereocenters. The predicted octanol–water partition coefficient (Wildman–Crippen LogP) is 2.12. The molecule has 3 atom stereocenters. The Hall–Kier alpha value is -3.11. The number of nitrogens with two attached hydrogens (primary N) is 1. The van der Waals surface area contributed by atoms with Crippen LogP contribution in [-0.4, -0.2) is 49.8 Å². The molecule has 3 N–H and O–H groups in total. The maximum Gasteiger partial charge on any atom is 0.351 e. The summed E-state index contributed by atoms with van der Waals surface area (Å²) in [6, 6.07) is 11.2. The zero-order valence-corrected chi connectivity index (χ0v) is 16.6. The number of alkyl halides is 2. The number of nitrogens with one attached hydrogen (secondary N) is 1. The summed E-state index contributed by atoms with van der Waals surface area (Å²) in [4.78, 5) is 17.8. The van der Waals surface area contributed by atoms with Crippen molar-refractivity contribution in [1.82, 2.24) is 24.6 Å². The van der Waals surface area contributed by atoms with E-state index in [0.717, 1.165) is 22.2 Å². The molecule has 162 valence electrons. The molecule has 0 bridgehead atoms. The van der Waals surface area contributed by atoms with Crippen molar-refractivity contribution in [1.29, 1.82) is 0 Å². The van der Waals surface area contributed by atoms with Crippen LogP contribution in [0.15, 0.2) is 53.6 Å². The van der Waals surface area contributed by atoms with Gasteiger partial charge in [-0.2, -0.15) is 10.1 Å². The second kappa shape index (κ2) is 7.54. The van der Waals surface area contributed by atoms with Crippen molar-refractivity contribution in [2.24, 2.45) is 0 Å². The van der Waals surface area contributed by atoms with E-state index >= 15 is 0 Å². The van der Waals surface area contributed by atoms with Crippen LogP contribution in [0.2, 0.25) is 0 Å². The Labute approximate surface area is 176 Å². The highest BCUT2D eigenvalue weighted by atomic mass is 19.3. The normalized spacial score (nSPS) is 25.4. The average molecular weight is 428 g/mol. The molecule has 5 rings (SSSR count). The third-order valence-corrected chi connectivity index (χ3v) is 5.92. The van der Waals surface area contributed by atoms with Crippen LogP contribution in [0, 0.1) is 0 Å². The third-order valence-electron chi connectivity index (χ3n) is 5.92. The molecular formula is C21H22F2N6O2. The van der Waals surface area contributed by atoms with Crippen LogP contribution in [0.1, 0.15) is 35.5 Å². The van der Waals surface area contributed by atoms with Gasteiger partial charge in [-0.1, -0.05) is 24.3 Å². The Morgan fingerprint density at radius 3 is 2.87 bits per heavy atom. The maximum absolute atomic E-state index is 14.8. The lowest BCUT2D eigenvalue weighted by Crippen LogP contribution is -2.41. The number of benzene rings is 1. The minimum atomic E-state index is -3.20. The second-order valence-electron chi connectivity index (χ2n) is 7.98. The Bertz CT molecular complexity index is 1130. The van der Waals surface area contributed by atoms with Crippen molar-refractivity contribution >= 4 is 5.82 Å². The van der Waals surface area contributed by atoms with Gasteiger partial charge >= 0.3 is 5.69 Å². The summed E-state index contributed by atoms with van der Waals surface area (Å²) in [5.74, 6) is -3.22. The van der Waals surface area contributed by atoms with E-state index in [4.69, 9.17) is 10.5 Å². The third kappa shape index (κ3) is 3.61. The van der Waals surface area contributed by atoms with E-state index < -0.39 is 30.4 Å². The van der Waals surface area contributed by atoms with E-state index in [2.05, 4.69) is 32.2 Å². The molecule has 4 heterocycles. The molecule has 1 fully saturated rings. The van der Waals surface area contributed by atoms with Crippen LogP contribution in [0.25, 0.3) is 0 Å². The van der Waals surface area contributed by atoms with E-state index in [-0.39, 0.29) is 11.9 Å². The van der Waals surface area contributed by atoms with Crippen molar-refractivity contribution in [3.05, 3.63) is 76.1 Å². The predicted molar refractivity (Wildman–Crippen MR) is 109 cm³/mol. The van der Waals surface area contributed by atoms with Crippen LogP contribution >= 0.6 is 0 Å². The maximum atomic E-state index is 14.8. The Morgan fingerprint density at radius 1 is 1.26 bits per heavy atom. The first-order valence-corrected chi connectivity index (χ1v) is 10.1. The summed E-state index contributed by atoms with van der Waals surface area (Å²) < 4.78 is 36.1. The van der Waals surface area contributed by atoms with Crippen LogP contribution in [0.4, 0.5) is 14.6 Å². The number of aromatic amines is 1. The van der Waals surface area contributed by atoms with Gasteiger partial charge in [0, 0.05) is 31.9 Å². The SMILES string of the molecule is Nc1ccn([C@@H]2O[C@H](CN3CCc4ccccc4C3c3ccn[nH]3)CC2(F)F)c(=O)n1. The number of halogens is 2. The lowest BCUT2D eigenvalue weighted by Gasteiger charge is -2.37. The fourth-order valence-corrected chi connectivity index (χ4v) is 4.58. The number of ether oxygens (including phenoxy) is 1. The van der Waals surface area contributed by atoms with Gasteiger partial charge in [-0.3, -0.25) is 14.6 Å². The molecule has 1 saturated heterocycles. The quantitative estimate of drug-likeness (QED) is 0.660. The molecule has 0 radical (unpaired) electrons. The van der Waals surface area contributed by atoms with Crippen molar-refractivity contribution in [3.63, 3.8) is 0 Å². The largest absolute Gasteiger partial charge is 0.383 e. The minimum Gasteiger partial charge on any atom is -0.383 e. The zero-order chi connectivity index (χ0) is 21.6. The topological polar surface area (TPSA) is 102 Å². The summed E-state index contributed by atoms with van der Waals surface area (Å²) in [5, 5.41) is 7.09. The highest BCUT2D eigenvalue weighted by molar-refractivity contribution is 5.37. The van der Waals surface area contributed by atoms with Gasteiger partial charge in [0.15, 0.2) is 0 Å². The smallest absolute Gasteiger partial charge is 0.351 e. The van der Waals surface area contributed by atoms with Gasteiger partial charge < -0.3 is 10.5 Å². The molecule has 31 heavy (non-hydrogen) atoms. The number of aromatic nitrogens is 4. The molecule has 0 aliphatic carbocycles. The Balaban J connectivity index is 1.41. The monoisotopic (exact) mass is 428 g/mol. The van der Waals surface area contributed by atoms with Gasteiger partial charge in [0.1, 0.15) is 5.82 Å². The van der Waals surface area contributed by atoms with Crippen molar-refractivity contribution in [2.45, 2.75) is 37.1 Å². The molecular weight excluding hydrogens is 406 g/mol. The molecule has 0 amide bonds. The number of fused-ring (bicyclic) bond motifs is 1. The summed E-state index contributed by atoms with van der Waals surface area (Å²) in [5.41, 5.74) is 7.87. The van der Waals surface area contributed by atoms with Crippen LogP contribution in [-0.2, 0) is 11.2 Å². The zero-order valence-electron chi connectivity index (χ0n) is 16.6. The average Bonchev–Trinajstić information content (AvgIpc) is 3.35. The van der Waals surface area contributed by atoms with E-state index in [1.165, 1.54) is 17.8 Å². The number of nitrogen functional groups attached to an aromatic ring is 1. The Morgan fingerprint density at radius 2 is 2.10 bits per heavy atom. The first-order valence-electron chi connectivity index (χ1n) is 10.1. The lowest BCUT2D eigenvalue weighted by molar-refractivity contribution is -0.119. The number of hydrogen-bond acceptors (Lipinski definition) is 6. The van der Waals surface area contributed by atoms with E-state index in [1.54, 1.807) is 6.20 Å². The highest BCUT2D eigenvalue weighted by Crippen LogP contribution is 2.43. The number of rotatable bonds is 4. The van der Waals surface area contributed by atoms with Crippen molar-refractivity contribution in [2.75, 3.05) is 18.8 Å². The van der Waals surface area contributed by atoms with Gasteiger partial charge in [-0.25, -0.2) is 13.6 Å². The first-order chi connectivity index (χ1) is 14.9. The highest BCUT2D eigenvalue weighted by Gasteiger charge is 2.52. The van der Waals surface area contributed by atoms with E-state index in [0.29, 0.717) is 13.1 Å². The minimum absolute atomic E-state index is 0.0199. The molecule has 10 heteroatoms. The standard InChI is InChI=1S/C21H22F2N6O2/c22-21(23)11-14(31-19(21)29-10-7-17(24)26-20(29)30)12-28-9-6-13-3-1-2-4-15(13)18(28)16-5-8-25-27-16/h1-5,7-8,10,14,18-19H,6,9,11-12H2,(H,25,27)(H2,24,26,30)/t14-,18?,19+/m0/s1. The second-order valence-corrected chi connectivity index (χ2v) is 7.98. The molecule has 0 spiro atoms. The van der Waals surface area contributed by atoms with Crippen molar-refractivity contribution < 1.29 is 13.5 Å². The van der Waals surface area contributed by atoms with Gasteiger partial charge in [-0.05, 0) is 29.7 Å². The number of H-pyrrole nitrogens is 1. The van der Waals surface area contributed by atoms with Crippen molar-refractivity contribution in [3.8, 4) is 0 Å². The molecule has 2 aromatic heterocycles. The Kier molecular flexibility index (Phi) is 4.82. The summed E-state index contributed by atoms with van der Waals surface area (Å²) >= 11 is 0. The number of hydrogen-bond donors (Lipinski definition) is 2. The fourth-order valence-electron chi connectivity index (χ4n) is 4.58. The van der Waals surface area contributed by atoms with Gasteiger partial charge in [0.05, 0.1) is 17.8 Å². The van der Waals surface area contributed by atoms with Crippen LogP contribution in [0.5, 0.6) is 0 Å². The number of anilines is 1. The molecule has 2 aliphatic rings. The molecule has 0 saturated carbocycles. The molecule has 2 aliphatic heterocycles. The molecule has 1 aromatic carbocycles. The van der Waals surface area contributed by atoms with Gasteiger partial charge in [-0.15, -0.1) is 0 Å². The molecule has 3 aromatic rings. The van der Waals surface area contributed by atoms with Crippen LogP contribution < -0.4 is 11.4 Å². The number of nitrogens with zero attached hydrogens (tertiary/aromatic N) is 4. The van der Waals surface area contributed by atoms with Gasteiger partial charge in [0.25, 0.3) is 5.92 Å². The van der Waals surface area contributed by atoms with Crippen LogP contribution in [0.3, 0.4) is 0 Å². The van der Waals surface area contributed by atoms with E-state index in [9.17, 15) is 13.6 Å². The van der Waals surface area contributed by atoms with E-state index in [1.807, 2.05) is 18.2 Å². The van der Waals surface area contributed by atoms with Gasteiger partial charge in [0.2, 0.25) is 6.23 Å². The first kappa shape index (κ1) is 19.8. The fraction of sp³-hybridized carbons (Fsp3) is 0.381.